The Hall–Kier alpha value is -2.26. The molecule has 2 nitrogen and oxygen atoms in total. The number of fused-ring (bicyclic) bond motifs is 1. The third-order valence-electron chi connectivity index (χ3n) is 3.68. The first-order valence-corrected chi connectivity index (χ1v) is 8.69. The van der Waals surface area contributed by atoms with E-state index in [1.54, 1.807) is 11.8 Å². The Labute approximate surface area is 141 Å². The van der Waals surface area contributed by atoms with Gasteiger partial charge in [0.05, 0.1) is 0 Å². The van der Waals surface area contributed by atoms with Gasteiger partial charge in [-0.2, -0.15) is 0 Å². The molecule has 0 atom stereocenters. The molecule has 0 unspecified atom stereocenters. The van der Waals surface area contributed by atoms with Crippen LogP contribution in [0.25, 0.3) is 10.8 Å². The number of amidine groups is 1. The number of thioether (sulfide) groups is 1. The van der Waals surface area contributed by atoms with Crippen molar-refractivity contribution in [2.24, 2.45) is 4.99 Å². The summed E-state index contributed by atoms with van der Waals surface area (Å²) in [4.78, 5) is 4.35. The van der Waals surface area contributed by atoms with Gasteiger partial charge in [-0.25, -0.2) is 0 Å². The molecule has 0 heterocycles. The lowest BCUT2D eigenvalue weighted by atomic mass is 10.1. The fourth-order valence-electron chi connectivity index (χ4n) is 2.45. The lowest BCUT2D eigenvalue weighted by Crippen LogP contribution is -2.20. The van der Waals surface area contributed by atoms with Crippen LogP contribution in [-0.4, -0.2) is 12.2 Å². The molecule has 0 saturated heterocycles. The molecule has 0 fully saturated rings. The quantitative estimate of drug-likeness (QED) is 0.549. The molecular weight excluding hydrogens is 300 g/mol. The first-order chi connectivity index (χ1) is 11.3. The van der Waals surface area contributed by atoms with E-state index in [2.05, 4.69) is 77.0 Å². The van der Waals surface area contributed by atoms with Gasteiger partial charge < -0.3 is 5.32 Å². The summed E-state index contributed by atoms with van der Waals surface area (Å²) in [6.07, 6.45) is 0. The second-order valence-electron chi connectivity index (χ2n) is 5.34. The Morgan fingerprint density at radius 3 is 2.39 bits per heavy atom. The molecule has 0 aromatic heterocycles. The van der Waals surface area contributed by atoms with E-state index >= 15 is 0 Å². The normalized spacial score (nSPS) is 11.6. The second-order valence-corrected chi connectivity index (χ2v) is 6.30. The summed E-state index contributed by atoms with van der Waals surface area (Å²) in [6, 6.07) is 25.5. The van der Waals surface area contributed by atoms with Crippen molar-refractivity contribution in [1.29, 1.82) is 0 Å². The highest BCUT2D eigenvalue weighted by atomic mass is 32.2. The zero-order valence-electron chi connectivity index (χ0n) is 13.2. The molecule has 3 aromatic rings. The minimum atomic E-state index is 0.791. The second kappa shape index (κ2) is 7.84. The van der Waals surface area contributed by atoms with E-state index in [-0.39, 0.29) is 0 Å². The van der Waals surface area contributed by atoms with Crippen LogP contribution in [0.2, 0.25) is 0 Å². The molecule has 3 heteroatoms. The van der Waals surface area contributed by atoms with Gasteiger partial charge in [0.15, 0.2) is 5.17 Å². The Kier molecular flexibility index (Phi) is 5.33. The highest BCUT2D eigenvalue weighted by Crippen LogP contribution is 2.16. The monoisotopic (exact) mass is 320 g/mol. The van der Waals surface area contributed by atoms with Crippen LogP contribution in [0.1, 0.15) is 11.1 Å². The van der Waals surface area contributed by atoms with Crippen molar-refractivity contribution in [3.63, 3.8) is 0 Å². The molecule has 0 radical (unpaired) electrons. The van der Waals surface area contributed by atoms with Crippen molar-refractivity contribution in [3.05, 3.63) is 83.9 Å². The highest BCUT2D eigenvalue weighted by molar-refractivity contribution is 8.13. The van der Waals surface area contributed by atoms with Gasteiger partial charge in [0.25, 0.3) is 0 Å². The Balaban J connectivity index is 1.58. The number of nitrogens with one attached hydrogen (secondary N) is 1. The van der Waals surface area contributed by atoms with Gasteiger partial charge in [-0.1, -0.05) is 78.5 Å². The topological polar surface area (TPSA) is 24.4 Å². The van der Waals surface area contributed by atoms with E-state index in [9.17, 15) is 0 Å². The Morgan fingerprint density at radius 1 is 0.870 bits per heavy atom. The Morgan fingerprint density at radius 2 is 1.61 bits per heavy atom. The fraction of sp³-hybridized carbons (Fsp3) is 0.150. The molecule has 0 aliphatic heterocycles. The molecule has 116 valence electrons. The summed E-state index contributed by atoms with van der Waals surface area (Å²) >= 11 is 1.74. The first kappa shape index (κ1) is 15.6. The average molecular weight is 320 g/mol. The molecule has 0 aliphatic carbocycles. The molecule has 3 rings (SSSR count). The van der Waals surface area contributed by atoms with Gasteiger partial charge in [-0.15, -0.1) is 0 Å². The molecule has 0 spiro atoms. The smallest absolute Gasteiger partial charge is 0.156 e. The third kappa shape index (κ3) is 4.36. The summed E-state index contributed by atoms with van der Waals surface area (Å²) in [6.45, 7) is 0.791. The molecule has 0 aliphatic rings. The lowest BCUT2D eigenvalue weighted by Gasteiger charge is -2.10. The van der Waals surface area contributed by atoms with Crippen molar-refractivity contribution in [2.75, 3.05) is 7.05 Å². The van der Waals surface area contributed by atoms with Crippen LogP contribution in [0.5, 0.6) is 0 Å². The van der Waals surface area contributed by atoms with Gasteiger partial charge >= 0.3 is 0 Å². The number of aliphatic imine (C=N–C) groups is 1. The van der Waals surface area contributed by atoms with Crippen LogP contribution in [0.15, 0.2) is 77.8 Å². The molecule has 0 amide bonds. The van der Waals surface area contributed by atoms with Crippen LogP contribution in [0.4, 0.5) is 0 Å². The third-order valence-corrected chi connectivity index (χ3v) is 4.76. The summed E-state index contributed by atoms with van der Waals surface area (Å²) in [5, 5.41) is 6.96. The number of nitrogens with zero attached hydrogens (tertiary/aromatic N) is 1. The van der Waals surface area contributed by atoms with Crippen molar-refractivity contribution < 1.29 is 0 Å². The minimum Gasteiger partial charge on any atom is -0.361 e. The van der Waals surface area contributed by atoms with E-state index < -0.39 is 0 Å². The Bertz CT molecular complexity index is 797. The van der Waals surface area contributed by atoms with E-state index in [0.29, 0.717) is 0 Å². The van der Waals surface area contributed by atoms with Crippen LogP contribution < -0.4 is 5.32 Å². The van der Waals surface area contributed by atoms with Gasteiger partial charge in [0.2, 0.25) is 0 Å². The molecule has 0 bridgehead atoms. The summed E-state index contributed by atoms with van der Waals surface area (Å²) in [5.41, 5.74) is 2.58. The summed E-state index contributed by atoms with van der Waals surface area (Å²) in [5.74, 6) is 0.929. The molecule has 23 heavy (non-hydrogen) atoms. The largest absolute Gasteiger partial charge is 0.361 e. The average Bonchev–Trinajstić information content (AvgIpc) is 2.62. The van der Waals surface area contributed by atoms with Crippen molar-refractivity contribution in [1.82, 2.24) is 5.32 Å². The predicted octanol–water partition coefficient (Wildman–Crippen LogP) is 4.85. The van der Waals surface area contributed by atoms with E-state index in [1.165, 1.54) is 21.9 Å². The lowest BCUT2D eigenvalue weighted by molar-refractivity contribution is 0.927. The predicted molar refractivity (Wildman–Crippen MR) is 102 cm³/mol. The SMILES string of the molecule is CN=C(NCc1ccc2ccccc2c1)SCc1ccccc1. The molecule has 3 aromatic carbocycles. The van der Waals surface area contributed by atoms with Gasteiger partial charge in [-0.05, 0) is 28.0 Å². The first-order valence-electron chi connectivity index (χ1n) is 7.70. The minimum absolute atomic E-state index is 0.791. The van der Waals surface area contributed by atoms with Gasteiger partial charge in [0.1, 0.15) is 0 Å². The summed E-state index contributed by atoms with van der Waals surface area (Å²) < 4.78 is 0. The maximum Gasteiger partial charge on any atom is 0.156 e. The van der Waals surface area contributed by atoms with Crippen molar-refractivity contribution in [3.8, 4) is 0 Å². The van der Waals surface area contributed by atoms with Crippen molar-refractivity contribution >= 4 is 27.7 Å². The standard InChI is InChI=1S/C20H20N2S/c1-21-20(23-15-16-7-3-2-4-8-16)22-14-17-11-12-18-9-5-6-10-19(18)13-17/h2-13H,14-15H2,1H3,(H,21,22). The zero-order chi connectivity index (χ0) is 15.9. The van der Waals surface area contributed by atoms with E-state index in [0.717, 1.165) is 17.5 Å². The van der Waals surface area contributed by atoms with Crippen LogP contribution >= 0.6 is 11.8 Å². The van der Waals surface area contributed by atoms with Crippen LogP contribution in [0, 0.1) is 0 Å². The van der Waals surface area contributed by atoms with Gasteiger partial charge in [0, 0.05) is 19.3 Å². The summed E-state index contributed by atoms with van der Waals surface area (Å²) in [7, 11) is 1.83. The fourth-order valence-corrected chi connectivity index (χ4v) is 3.25. The molecule has 1 N–H and O–H groups in total. The van der Waals surface area contributed by atoms with Crippen LogP contribution in [-0.2, 0) is 12.3 Å². The van der Waals surface area contributed by atoms with Crippen LogP contribution in [0.3, 0.4) is 0 Å². The maximum absolute atomic E-state index is 4.35. The van der Waals surface area contributed by atoms with E-state index in [4.69, 9.17) is 0 Å². The number of hydrogen-bond acceptors (Lipinski definition) is 2. The number of benzene rings is 3. The van der Waals surface area contributed by atoms with Crippen molar-refractivity contribution in [2.45, 2.75) is 12.3 Å². The maximum atomic E-state index is 4.35. The number of rotatable bonds is 4. The van der Waals surface area contributed by atoms with Gasteiger partial charge in [-0.3, -0.25) is 4.99 Å². The number of hydrogen-bond donors (Lipinski definition) is 1. The highest BCUT2D eigenvalue weighted by Gasteiger charge is 2.02. The van der Waals surface area contributed by atoms with E-state index in [1.807, 2.05) is 13.1 Å². The molecular formula is C20H20N2S. The molecule has 0 saturated carbocycles. The zero-order valence-corrected chi connectivity index (χ0v) is 14.0.